The predicted octanol–water partition coefficient (Wildman–Crippen LogP) is 5.59. The summed E-state index contributed by atoms with van der Waals surface area (Å²) in [5.41, 5.74) is 3.04. The Morgan fingerprint density at radius 1 is 0.778 bits per heavy atom. The smallest absolute Gasteiger partial charge is 0.244 e. The summed E-state index contributed by atoms with van der Waals surface area (Å²) in [5.74, 6) is -0.213. The van der Waals surface area contributed by atoms with Crippen molar-refractivity contribution in [3.63, 3.8) is 0 Å². The third-order valence-electron chi connectivity index (χ3n) is 7.52. The molecular formula is C36H41N3O5S. The van der Waals surface area contributed by atoms with Gasteiger partial charge in [0.1, 0.15) is 24.9 Å². The van der Waals surface area contributed by atoms with E-state index in [1.54, 1.807) is 24.3 Å². The molecule has 4 rings (SSSR count). The van der Waals surface area contributed by atoms with E-state index in [2.05, 4.69) is 5.32 Å². The van der Waals surface area contributed by atoms with Crippen LogP contribution < -0.4 is 14.4 Å². The maximum absolute atomic E-state index is 14.2. The molecule has 2 atom stereocenters. The van der Waals surface area contributed by atoms with Crippen molar-refractivity contribution in [3.05, 3.63) is 132 Å². The van der Waals surface area contributed by atoms with Gasteiger partial charge in [-0.1, -0.05) is 97.9 Å². The van der Waals surface area contributed by atoms with Gasteiger partial charge in [0.15, 0.2) is 0 Å². The van der Waals surface area contributed by atoms with Gasteiger partial charge in [0.25, 0.3) is 0 Å². The Kier molecular flexibility index (Phi) is 11.8. The molecule has 0 radical (unpaired) electrons. The molecule has 0 saturated carbocycles. The Labute approximate surface area is 266 Å². The molecule has 8 nitrogen and oxygen atoms in total. The number of amides is 2. The fraction of sp³-hybridized carbons (Fsp3) is 0.278. The molecule has 4 aromatic rings. The molecular weight excluding hydrogens is 586 g/mol. The van der Waals surface area contributed by atoms with Crippen LogP contribution in [0.15, 0.2) is 115 Å². The zero-order chi connectivity index (χ0) is 32.2. The third-order valence-corrected chi connectivity index (χ3v) is 8.66. The number of ether oxygens (including phenoxy) is 1. The van der Waals surface area contributed by atoms with Crippen molar-refractivity contribution in [2.45, 2.75) is 51.9 Å². The molecule has 2 amide bonds. The largest absolute Gasteiger partial charge is 0.489 e. The number of carbonyl (C=O) groups excluding carboxylic acids is 2. The summed E-state index contributed by atoms with van der Waals surface area (Å²) in [6.07, 6.45) is 2.07. The van der Waals surface area contributed by atoms with Gasteiger partial charge in [-0.05, 0) is 54.3 Å². The summed E-state index contributed by atoms with van der Waals surface area (Å²) < 4.78 is 33.1. The normalized spacial score (nSPS) is 12.5. The molecule has 0 saturated heterocycles. The van der Waals surface area contributed by atoms with Crippen LogP contribution >= 0.6 is 0 Å². The summed E-state index contributed by atoms with van der Waals surface area (Å²) >= 11 is 0. The van der Waals surface area contributed by atoms with Gasteiger partial charge in [0, 0.05) is 19.0 Å². The SMILES string of the molecule is CC[C@H](C)NC(=O)[C@@H](Cc1ccccc1)N(Cc1ccccc1)C(=O)CN(c1ccc(OCc2ccccc2)cc1)S(C)(=O)=O. The molecule has 0 unspecified atom stereocenters. The highest BCUT2D eigenvalue weighted by molar-refractivity contribution is 7.92. The van der Waals surface area contributed by atoms with Crippen LogP contribution in [0.3, 0.4) is 0 Å². The Balaban J connectivity index is 1.63. The highest BCUT2D eigenvalue weighted by atomic mass is 32.2. The van der Waals surface area contributed by atoms with E-state index < -0.39 is 28.5 Å². The van der Waals surface area contributed by atoms with Crippen LogP contribution in [-0.2, 0) is 39.2 Å². The number of nitrogens with zero attached hydrogens (tertiary/aromatic N) is 2. The molecule has 1 N–H and O–H groups in total. The molecule has 0 aliphatic heterocycles. The first kappa shape index (κ1) is 33.3. The van der Waals surface area contributed by atoms with Crippen LogP contribution in [-0.4, -0.2) is 50.0 Å². The van der Waals surface area contributed by atoms with Gasteiger partial charge >= 0.3 is 0 Å². The monoisotopic (exact) mass is 627 g/mol. The Hall–Kier alpha value is -4.63. The number of nitrogens with one attached hydrogen (secondary N) is 1. The van der Waals surface area contributed by atoms with Crippen LogP contribution in [0.5, 0.6) is 5.75 Å². The van der Waals surface area contributed by atoms with E-state index in [1.165, 1.54) is 4.90 Å². The molecule has 0 fully saturated rings. The van der Waals surface area contributed by atoms with Gasteiger partial charge in [-0.15, -0.1) is 0 Å². The third kappa shape index (κ3) is 9.94. The Bertz CT molecular complexity index is 1620. The average molecular weight is 628 g/mol. The van der Waals surface area contributed by atoms with Crippen molar-refractivity contribution >= 4 is 27.5 Å². The number of hydrogen-bond acceptors (Lipinski definition) is 5. The summed E-state index contributed by atoms with van der Waals surface area (Å²) in [4.78, 5) is 29.5. The maximum atomic E-state index is 14.2. The molecule has 0 heterocycles. The fourth-order valence-electron chi connectivity index (χ4n) is 4.84. The van der Waals surface area contributed by atoms with Crippen LogP contribution in [0.4, 0.5) is 5.69 Å². The standard InChI is InChI=1S/C36H41N3O5S/c1-4-28(2)37-36(41)34(24-29-14-8-5-9-15-29)38(25-30-16-10-6-11-17-30)35(40)26-39(45(3,42)43)32-20-22-33(23-21-32)44-27-31-18-12-7-13-19-31/h5-23,28,34H,4,24-27H2,1-3H3,(H,37,41)/t28-,34+/m0/s1. The van der Waals surface area contributed by atoms with Crippen LogP contribution in [0.2, 0.25) is 0 Å². The highest BCUT2D eigenvalue weighted by Gasteiger charge is 2.33. The van der Waals surface area contributed by atoms with Gasteiger partial charge in [0.2, 0.25) is 21.8 Å². The van der Waals surface area contributed by atoms with Gasteiger partial charge in [-0.2, -0.15) is 0 Å². The first-order valence-corrected chi connectivity index (χ1v) is 16.9. The minimum atomic E-state index is -3.87. The quantitative estimate of drug-likeness (QED) is 0.186. The molecule has 9 heteroatoms. The summed E-state index contributed by atoms with van der Waals surface area (Å²) in [5, 5.41) is 3.04. The number of anilines is 1. The minimum Gasteiger partial charge on any atom is -0.489 e. The van der Waals surface area contributed by atoms with Crippen LogP contribution in [0.1, 0.15) is 37.0 Å². The van der Waals surface area contributed by atoms with E-state index in [1.807, 2.05) is 105 Å². The zero-order valence-electron chi connectivity index (χ0n) is 26.0. The lowest BCUT2D eigenvalue weighted by Gasteiger charge is -2.34. The van der Waals surface area contributed by atoms with E-state index in [0.29, 0.717) is 18.0 Å². The summed E-state index contributed by atoms with van der Waals surface area (Å²) in [7, 11) is -3.87. The summed E-state index contributed by atoms with van der Waals surface area (Å²) in [6.45, 7) is 3.92. The van der Waals surface area contributed by atoms with E-state index in [-0.39, 0.29) is 24.9 Å². The van der Waals surface area contributed by atoms with E-state index in [0.717, 1.165) is 33.7 Å². The summed E-state index contributed by atoms with van der Waals surface area (Å²) in [6, 6.07) is 34.2. The van der Waals surface area contributed by atoms with Gasteiger partial charge < -0.3 is 15.0 Å². The second kappa shape index (κ2) is 15.9. The number of rotatable bonds is 15. The fourth-order valence-corrected chi connectivity index (χ4v) is 5.69. The molecule has 4 aromatic carbocycles. The van der Waals surface area contributed by atoms with E-state index >= 15 is 0 Å². The number of sulfonamides is 1. The molecule has 0 aliphatic carbocycles. The van der Waals surface area contributed by atoms with Crippen LogP contribution in [0.25, 0.3) is 0 Å². The molecule has 0 aliphatic rings. The van der Waals surface area contributed by atoms with Crippen molar-refractivity contribution < 1.29 is 22.7 Å². The maximum Gasteiger partial charge on any atom is 0.244 e. The lowest BCUT2D eigenvalue weighted by Crippen LogP contribution is -2.54. The van der Waals surface area contributed by atoms with Gasteiger partial charge in [-0.3, -0.25) is 13.9 Å². The Morgan fingerprint density at radius 2 is 1.31 bits per heavy atom. The lowest BCUT2D eigenvalue weighted by atomic mass is 10.0. The number of carbonyl (C=O) groups is 2. The van der Waals surface area contributed by atoms with E-state index in [4.69, 9.17) is 4.74 Å². The van der Waals surface area contributed by atoms with Gasteiger partial charge in [-0.25, -0.2) is 8.42 Å². The van der Waals surface area contributed by atoms with Crippen molar-refractivity contribution in [3.8, 4) is 5.75 Å². The van der Waals surface area contributed by atoms with Gasteiger partial charge in [0.05, 0.1) is 11.9 Å². The average Bonchev–Trinajstić information content (AvgIpc) is 3.05. The second-order valence-corrected chi connectivity index (χ2v) is 13.0. The number of hydrogen-bond donors (Lipinski definition) is 1. The van der Waals surface area contributed by atoms with Crippen molar-refractivity contribution in [2.24, 2.45) is 0 Å². The number of benzene rings is 4. The molecule has 0 spiro atoms. The van der Waals surface area contributed by atoms with Crippen molar-refractivity contribution in [1.82, 2.24) is 10.2 Å². The minimum absolute atomic E-state index is 0.0976. The first-order chi connectivity index (χ1) is 21.6. The Morgan fingerprint density at radius 3 is 1.84 bits per heavy atom. The highest BCUT2D eigenvalue weighted by Crippen LogP contribution is 2.24. The van der Waals surface area contributed by atoms with Crippen molar-refractivity contribution in [2.75, 3.05) is 17.1 Å². The van der Waals surface area contributed by atoms with Crippen LogP contribution in [0, 0.1) is 0 Å². The van der Waals surface area contributed by atoms with E-state index in [9.17, 15) is 18.0 Å². The first-order valence-electron chi connectivity index (χ1n) is 15.1. The predicted molar refractivity (Wildman–Crippen MR) is 178 cm³/mol. The van der Waals surface area contributed by atoms with Crippen molar-refractivity contribution in [1.29, 1.82) is 0 Å². The molecule has 0 aromatic heterocycles. The molecule has 236 valence electrons. The zero-order valence-corrected chi connectivity index (χ0v) is 26.8. The topological polar surface area (TPSA) is 96.0 Å². The molecule has 0 bridgehead atoms. The second-order valence-electron chi connectivity index (χ2n) is 11.1. The molecule has 45 heavy (non-hydrogen) atoms. The lowest BCUT2D eigenvalue weighted by molar-refractivity contribution is -0.140.